The molecule has 0 aromatic carbocycles. The summed E-state index contributed by atoms with van der Waals surface area (Å²) in [7, 11) is 0. The minimum atomic E-state index is -0.130. The van der Waals surface area contributed by atoms with Crippen LogP contribution < -0.4 is 5.32 Å². The molecule has 0 saturated carbocycles. The maximum Gasteiger partial charge on any atom is 0.242 e. The monoisotopic (exact) mass is 369 g/mol. The summed E-state index contributed by atoms with van der Waals surface area (Å²) in [6.07, 6.45) is 2.24. The van der Waals surface area contributed by atoms with Crippen LogP contribution in [0.1, 0.15) is 12.8 Å². The van der Waals surface area contributed by atoms with Gasteiger partial charge in [-0.25, -0.2) is 0 Å². The number of amides is 1. The average molecular weight is 370 g/mol. The molecule has 3 rings (SSSR count). The highest BCUT2D eigenvalue weighted by molar-refractivity contribution is 5.85. The van der Waals surface area contributed by atoms with Crippen LogP contribution in [0, 0.1) is 5.92 Å². The van der Waals surface area contributed by atoms with Gasteiger partial charge in [0.1, 0.15) is 6.04 Å². The number of hydrogen-bond acceptors (Lipinski definition) is 5. The Balaban J connectivity index is 0.00000132. The number of hydrogen-bond donors (Lipinski definition) is 1. The topological polar surface area (TPSA) is 54.0 Å². The molecule has 1 N–H and O–H groups in total. The predicted molar refractivity (Wildman–Crippen MR) is 93.7 cm³/mol. The van der Waals surface area contributed by atoms with Crippen LogP contribution in [0.2, 0.25) is 0 Å². The van der Waals surface area contributed by atoms with E-state index in [1.165, 1.54) is 0 Å². The van der Waals surface area contributed by atoms with Crippen LogP contribution >= 0.6 is 24.8 Å². The maximum atomic E-state index is 12.4. The summed E-state index contributed by atoms with van der Waals surface area (Å²) < 4.78 is 10.8. The molecular formula is C15H29Cl2N3O3. The number of rotatable bonds is 3. The van der Waals surface area contributed by atoms with Crippen LogP contribution in [0.15, 0.2) is 0 Å². The van der Waals surface area contributed by atoms with Crippen molar-refractivity contribution in [1.29, 1.82) is 0 Å². The van der Waals surface area contributed by atoms with Crippen molar-refractivity contribution >= 4 is 30.7 Å². The SMILES string of the molecule is Cl.Cl.O=C(C1COCCN1)N1CCC(CN2CCOCC2)CC1. The predicted octanol–water partition coefficient (Wildman–Crippen LogP) is 0.389. The fourth-order valence-electron chi connectivity index (χ4n) is 3.43. The second kappa shape index (κ2) is 10.7. The summed E-state index contributed by atoms with van der Waals surface area (Å²) in [6.45, 7) is 8.82. The molecule has 1 unspecified atom stereocenters. The quantitative estimate of drug-likeness (QED) is 0.779. The molecule has 0 aromatic rings. The molecule has 6 nitrogen and oxygen atoms in total. The van der Waals surface area contributed by atoms with Gasteiger partial charge in [-0.3, -0.25) is 9.69 Å². The van der Waals surface area contributed by atoms with Crippen LogP contribution in [0.25, 0.3) is 0 Å². The van der Waals surface area contributed by atoms with Crippen LogP contribution in [0.3, 0.4) is 0 Å². The van der Waals surface area contributed by atoms with Crippen LogP contribution in [0.5, 0.6) is 0 Å². The Hall–Kier alpha value is -0.110. The van der Waals surface area contributed by atoms with E-state index in [-0.39, 0.29) is 36.8 Å². The van der Waals surface area contributed by atoms with Gasteiger partial charge in [0.25, 0.3) is 0 Å². The third-order valence-electron chi connectivity index (χ3n) is 4.77. The summed E-state index contributed by atoms with van der Waals surface area (Å²) >= 11 is 0. The molecule has 3 fully saturated rings. The van der Waals surface area contributed by atoms with Gasteiger partial charge in [-0.1, -0.05) is 0 Å². The molecule has 0 aliphatic carbocycles. The lowest BCUT2D eigenvalue weighted by molar-refractivity contribution is -0.137. The second-order valence-electron chi connectivity index (χ2n) is 6.26. The van der Waals surface area contributed by atoms with Crippen LogP contribution in [0.4, 0.5) is 0 Å². The van der Waals surface area contributed by atoms with Crippen molar-refractivity contribution < 1.29 is 14.3 Å². The molecule has 1 atom stereocenters. The molecule has 0 spiro atoms. The summed E-state index contributed by atoms with van der Waals surface area (Å²) in [5.41, 5.74) is 0. The lowest BCUT2D eigenvalue weighted by atomic mass is 9.95. The van der Waals surface area contributed by atoms with Crippen LogP contribution in [-0.2, 0) is 14.3 Å². The molecule has 3 saturated heterocycles. The van der Waals surface area contributed by atoms with E-state index in [0.29, 0.717) is 13.2 Å². The molecular weight excluding hydrogens is 341 g/mol. The maximum absolute atomic E-state index is 12.4. The molecule has 23 heavy (non-hydrogen) atoms. The standard InChI is InChI=1S/C15H27N3O3.2ClH/c19-15(14-12-21-8-3-16-14)18-4-1-13(2-5-18)11-17-6-9-20-10-7-17;;/h13-14,16H,1-12H2;2*1H. The highest BCUT2D eigenvalue weighted by Crippen LogP contribution is 2.19. The summed E-state index contributed by atoms with van der Waals surface area (Å²) in [5.74, 6) is 0.947. The van der Waals surface area contributed by atoms with Crippen molar-refractivity contribution in [3.8, 4) is 0 Å². The van der Waals surface area contributed by atoms with Gasteiger partial charge in [0.2, 0.25) is 5.91 Å². The van der Waals surface area contributed by atoms with Gasteiger partial charge in [-0.05, 0) is 18.8 Å². The average Bonchev–Trinajstić information content (AvgIpc) is 2.57. The number of morpholine rings is 2. The van der Waals surface area contributed by atoms with Gasteiger partial charge >= 0.3 is 0 Å². The number of carbonyl (C=O) groups excluding carboxylic acids is 1. The van der Waals surface area contributed by atoms with E-state index in [2.05, 4.69) is 10.2 Å². The molecule has 3 aliphatic rings. The van der Waals surface area contributed by atoms with E-state index in [1.54, 1.807) is 0 Å². The minimum Gasteiger partial charge on any atom is -0.379 e. The fraction of sp³-hybridized carbons (Fsp3) is 0.933. The second-order valence-corrected chi connectivity index (χ2v) is 6.26. The van der Waals surface area contributed by atoms with Crippen molar-refractivity contribution in [2.45, 2.75) is 18.9 Å². The van der Waals surface area contributed by atoms with Gasteiger partial charge in [0.15, 0.2) is 0 Å². The van der Waals surface area contributed by atoms with E-state index >= 15 is 0 Å². The molecule has 8 heteroatoms. The number of nitrogens with one attached hydrogen (secondary N) is 1. The first-order chi connectivity index (χ1) is 10.3. The van der Waals surface area contributed by atoms with Gasteiger partial charge < -0.3 is 19.7 Å². The fourth-order valence-corrected chi connectivity index (χ4v) is 3.43. The Morgan fingerprint density at radius 2 is 1.70 bits per heavy atom. The summed E-state index contributed by atoms with van der Waals surface area (Å²) in [4.78, 5) is 16.9. The smallest absolute Gasteiger partial charge is 0.242 e. The molecule has 136 valence electrons. The van der Waals surface area contributed by atoms with Crippen molar-refractivity contribution in [3.63, 3.8) is 0 Å². The van der Waals surface area contributed by atoms with E-state index < -0.39 is 0 Å². The molecule has 3 heterocycles. The minimum absolute atomic E-state index is 0. The molecule has 0 radical (unpaired) electrons. The first-order valence-corrected chi connectivity index (χ1v) is 8.23. The Kier molecular flexibility index (Phi) is 9.73. The van der Waals surface area contributed by atoms with Crippen molar-refractivity contribution in [2.24, 2.45) is 5.92 Å². The van der Waals surface area contributed by atoms with Crippen molar-refractivity contribution in [2.75, 3.05) is 65.7 Å². The zero-order valence-corrected chi connectivity index (χ0v) is 15.2. The largest absolute Gasteiger partial charge is 0.379 e. The highest BCUT2D eigenvalue weighted by atomic mass is 35.5. The van der Waals surface area contributed by atoms with E-state index in [9.17, 15) is 4.79 Å². The van der Waals surface area contributed by atoms with Crippen molar-refractivity contribution in [1.82, 2.24) is 15.1 Å². The third-order valence-corrected chi connectivity index (χ3v) is 4.77. The van der Waals surface area contributed by atoms with Gasteiger partial charge in [-0.2, -0.15) is 0 Å². The zero-order valence-electron chi connectivity index (χ0n) is 13.6. The molecule has 3 aliphatic heterocycles. The number of piperidine rings is 1. The number of nitrogens with zero attached hydrogens (tertiary/aromatic N) is 2. The van der Waals surface area contributed by atoms with Gasteiger partial charge in [0, 0.05) is 39.3 Å². The molecule has 0 aromatic heterocycles. The Bertz CT molecular complexity index is 343. The highest BCUT2D eigenvalue weighted by Gasteiger charge is 2.30. The first-order valence-electron chi connectivity index (χ1n) is 8.23. The van der Waals surface area contributed by atoms with Crippen LogP contribution in [-0.4, -0.2) is 87.4 Å². The lowest BCUT2D eigenvalue weighted by Gasteiger charge is -2.37. The third kappa shape index (κ3) is 6.03. The van der Waals surface area contributed by atoms with Gasteiger partial charge in [-0.15, -0.1) is 24.8 Å². The van der Waals surface area contributed by atoms with Gasteiger partial charge in [0.05, 0.1) is 26.4 Å². The normalized spacial score (nSPS) is 27.0. The number of carbonyl (C=O) groups is 1. The first kappa shape index (κ1) is 20.9. The number of likely N-dealkylation sites (tertiary alicyclic amines) is 1. The zero-order chi connectivity index (χ0) is 14.5. The molecule has 1 amide bonds. The lowest BCUT2D eigenvalue weighted by Crippen LogP contribution is -2.54. The summed E-state index contributed by atoms with van der Waals surface area (Å²) in [6, 6.07) is -0.130. The number of halogens is 2. The van der Waals surface area contributed by atoms with E-state index in [1.807, 2.05) is 4.90 Å². The Morgan fingerprint density at radius 3 is 2.30 bits per heavy atom. The summed E-state index contributed by atoms with van der Waals surface area (Å²) in [5, 5.41) is 3.25. The number of ether oxygens (including phenoxy) is 2. The van der Waals surface area contributed by atoms with Crippen molar-refractivity contribution in [3.05, 3.63) is 0 Å². The molecule has 0 bridgehead atoms. The Labute approximate surface area is 151 Å². The van der Waals surface area contributed by atoms with E-state index in [4.69, 9.17) is 9.47 Å². The Morgan fingerprint density at radius 1 is 1.00 bits per heavy atom. The van der Waals surface area contributed by atoms with E-state index in [0.717, 1.165) is 71.2 Å².